The van der Waals surface area contributed by atoms with Crippen LogP contribution >= 0.6 is 34.0 Å². The summed E-state index contributed by atoms with van der Waals surface area (Å²) in [4.78, 5) is 308. The molecule has 5 aliphatic heterocycles. The molecule has 14 atom stereocenters. The summed E-state index contributed by atoms with van der Waals surface area (Å²) >= 11 is 3.84. The summed E-state index contributed by atoms with van der Waals surface area (Å²) in [6, 6.07) is -2.68. The van der Waals surface area contributed by atoms with Crippen molar-refractivity contribution in [1.29, 1.82) is 0 Å². The lowest BCUT2D eigenvalue weighted by molar-refractivity contribution is -0.146. The second-order valence-electron chi connectivity index (χ2n) is 39.4. The van der Waals surface area contributed by atoms with E-state index in [4.69, 9.17) is 10.5 Å². The highest BCUT2D eigenvalue weighted by Crippen LogP contribution is 2.36. The first-order valence-electron chi connectivity index (χ1n) is 48.8. The second kappa shape index (κ2) is 52.1. The highest BCUT2D eigenvalue weighted by atomic mass is 32.1. The number of aliphatic carboxylic acids is 2. The van der Waals surface area contributed by atoms with Crippen LogP contribution in [0.5, 0.6) is 0 Å². The first-order chi connectivity index (χ1) is 69.2. The Morgan fingerprint density at radius 2 is 1.09 bits per heavy atom. The fourth-order valence-electron chi connectivity index (χ4n) is 18.1. The van der Waals surface area contributed by atoms with Crippen LogP contribution in [0.4, 0.5) is 4.79 Å². The van der Waals surface area contributed by atoms with Gasteiger partial charge < -0.3 is 115 Å². The third-order valence-corrected chi connectivity index (χ3v) is 28.7. The highest BCUT2D eigenvalue weighted by molar-refractivity contribution is 7.17. The molecule has 3 bridgehead atoms. The Bertz CT molecular complexity index is 5700. The molecule has 0 radical (unpaired) electrons. The molecule has 0 unspecified atom stereocenters. The molecule has 790 valence electrons. The monoisotopic (exact) mass is 2080 g/mol. The number of nitrogens with one attached hydrogen (secondary N) is 15. The molecular weight excluding hydrogens is 1950 g/mol. The number of carboxylic acids is 3. The molecular formula is C100H132N18O25S3. The van der Waals surface area contributed by atoms with Crippen molar-refractivity contribution in [3.63, 3.8) is 0 Å². The van der Waals surface area contributed by atoms with Crippen LogP contribution in [0.25, 0.3) is 10.1 Å². The lowest BCUT2D eigenvalue weighted by Crippen LogP contribution is -2.66. The summed E-state index contributed by atoms with van der Waals surface area (Å²) in [5.74, 6) is -21.3. The molecule has 3 fully saturated rings. The number of benzene rings is 2. The summed E-state index contributed by atoms with van der Waals surface area (Å²) in [5, 5.41) is 80.5. The Morgan fingerprint density at radius 3 is 1.71 bits per heavy atom. The van der Waals surface area contributed by atoms with Crippen LogP contribution in [0.2, 0.25) is 0 Å². The van der Waals surface area contributed by atoms with Crippen molar-refractivity contribution >= 4 is 169 Å². The number of carbonyl (C=O) groups excluding carboxylic acids is 18. The van der Waals surface area contributed by atoms with Gasteiger partial charge in [-0.2, -0.15) is 22.7 Å². The average Bonchev–Trinajstić information content (AvgIpc) is 1.54. The minimum atomic E-state index is -2.22. The maximum atomic E-state index is 16.1. The third kappa shape index (κ3) is 32.2. The van der Waals surface area contributed by atoms with E-state index < -0.39 is 251 Å². The number of carbonyl (C=O) groups is 21. The second-order valence-corrected chi connectivity index (χ2v) is 41.9. The number of cyclic esters (lactones) is 1. The predicted molar refractivity (Wildman–Crippen MR) is 536 cm³/mol. The zero-order chi connectivity index (χ0) is 107. The molecule has 5 aromatic rings. The van der Waals surface area contributed by atoms with Gasteiger partial charge in [-0.15, -0.1) is 11.3 Å². The van der Waals surface area contributed by atoms with E-state index in [9.17, 15) is 72.9 Å². The van der Waals surface area contributed by atoms with Gasteiger partial charge in [0.25, 0.3) is 0 Å². The summed E-state index contributed by atoms with van der Waals surface area (Å²) in [6.45, 7) is 10.2. The van der Waals surface area contributed by atoms with Gasteiger partial charge in [0.2, 0.25) is 100 Å². The predicted octanol–water partition coefficient (Wildman–Crippen LogP) is 2.80. The van der Waals surface area contributed by atoms with Crippen LogP contribution in [0.15, 0.2) is 112 Å². The smallest absolute Gasteiger partial charge is 0.409 e. The molecule has 5 aliphatic rings. The van der Waals surface area contributed by atoms with E-state index in [1.165, 1.54) is 97.8 Å². The largest absolute Gasteiger partial charge is 0.481 e. The van der Waals surface area contributed by atoms with E-state index in [1.54, 1.807) is 90.2 Å². The normalized spacial score (nSPS) is 26.8. The minimum absolute atomic E-state index is 0.00142. The van der Waals surface area contributed by atoms with Crippen LogP contribution in [0, 0.1) is 5.41 Å². The summed E-state index contributed by atoms with van der Waals surface area (Å²) in [6.07, 6.45) is 0.897. The fraction of sp³-hybridized carbons (Fsp3) is 0.530. The maximum Gasteiger partial charge on any atom is 0.409 e. The van der Waals surface area contributed by atoms with Crippen LogP contribution in [0.3, 0.4) is 0 Å². The number of nitrogens with zero attached hydrogens (tertiary/aromatic N) is 2. The van der Waals surface area contributed by atoms with Crippen molar-refractivity contribution in [3.8, 4) is 0 Å². The van der Waals surface area contributed by atoms with E-state index in [2.05, 4.69) is 79.8 Å². The van der Waals surface area contributed by atoms with Crippen LogP contribution in [0.1, 0.15) is 216 Å². The van der Waals surface area contributed by atoms with Crippen molar-refractivity contribution in [1.82, 2.24) is 89.6 Å². The van der Waals surface area contributed by atoms with Crippen LogP contribution in [-0.2, 0) is 122 Å². The van der Waals surface area contributed by atoms with Crippen molar-refractivity contribution < 1.29 is 121 Å². The van der Waals surface area contributed by atoms with Gasteiger partial charge >= 0.3 is 24.0 Å². The maximum absolute atomic E-state index is 16.1. The lowest BCUT2D eigenvalue weighted by Gasteiger charge is -2.38. The molecule has 43 nitrogen and oxygen atoms in total. The highest BCUT2D eigenvalue weighted by Gasteiger charge is 2.53. The number of thiophene rings is 3. The average molecular weight is 2080 g/mol. The minimum Gasteiger partial charge on any atom is -0.481 e. The number of hydrogen-bond donors (Lipinski definition) is 19. The van der Waals surface area contributed by atoms with Gasteiger partial charge in [0.05, 0.1) is 31.6 Å². The Balaban J connectivity index is 1.04. The molecule has 2 aromatic carbocycles. The van der Waals surface area contributed by atoms with Crippen molar-refractivity contribution in [2.75, 3.05) is 32.8 Å². The van der Waals surface area contributed by atoms with Crippen molar-refractivity contribution in [2.45, 2.75) is 298 Å². The van der Waals surface area contributed by atoms with Crippen molar-refractivity contribution in [2.24, 2.45) is 11.1 Å². The standard InChI is InChI=1S/C100H132N18O25S3/c1-57(79(101)125)103-81(127)67-30-31-76(120)102-39-21-17-28-66-87(133)116-99(93(140)111-69(48-62-33-44-145-54-62)83(129)109-71(84(130)106-67)49-64-55-146-75-29-16-15-27-65(64)75)38-41-117(56-99)95(142)143-42-22-14-10-9-11-18-34-98(35-19-12-13-20-36-100(37-24-40-118(100)59(3)119)94(141)113-73(51-78(123)124)86(132)110-74(89(135)115-98)52-96(4,5)6)92(139)112-72(50-77(121)122)85(131)108-70(46-60-25-23-26-63(45-60)90(136)137)88(134)114-97(7,8)91(138)104-58(2)80(126)107-68(82(128)105-66)47-61-32-43-144-53-61/h9-10,13,15-16,20,23,25-27,29,32-33,43-45,53-55,57-58,66-74H,11-12,14,17-19,21-22,24,28,30-31,34-42,46-52,56H2,1-8H3,(H2,101,125)(H,102,120)(H,103,127)(H,104,138)(H,105,128)(H,106,130)(H,107,126)(H,108,131)(H,109,129)(H,110,132)(H,111,140)(H,112,139)(H,113,141)(H,114,134)(H,115,135)(H,116,133)(H,121,122)(H,123,124)(H,136,137)/b10-9-,20-13+/t57-,58-,66-,67-,68-,69-,70-,71-,72-,73-,74-,98-,99-,100-/m0/s1. The Labute approximate surface area is 855 Å². The Morgan fingerprint density at radius 1 is 0.534 bits per heavy atom. The molecule has 3 aromatic heterocycles. The van der Waals surface area contributed by atoms with Gasteiger partial charge in [-0.3, -0.25) is 91.1 Å². The number of allylic oxidation sites excluding steroid dienone is 3. The number of likely N-dealkylation sites (tertiary alicyclic amines) is 1. The number of rotatable bonds is 17. The zero-order valence-corrected chi connectivity index (χ0v) is 85.3. The quantitative estimate of drug-likeness (QED) is 0.0595. The first-order valence-corrected chi connectivity index (χ1v) is 51.5. The van der Waals surface area contributed by atoms with E-state index in [1.807, 2.05) is 18.2 Å². The molecule has 0 saturated carbocycles. The molecule has 0 aliphatic carbocycles. The Hall–Kier alpha value is -14.0. The molecule has 146 heavy (non-hydrogen) atoms. The number of ether oxygens (including phenoxy) is 1. The number of aromatic carboxylic acids is 1. The van der Waals surface area contributed by atoms with Crippen LogP contribution in [-0.4, -0.2) is 271 Å². The lowest BCUT2D eigenvalue weighted by atomic mass is 9.83. The number of nitrogens with two attached hydrogens (primary N) is 1. The molecule has 18 amide bonds. The van der Waals surface area contributed by atoms with Gasteiger partial charge in [-0.25, -0.2) is 9.59 Å². The van der Waals surface area contributed by atoms with Gasteiger partial charge in [-0.05, 0) is 227 Å². The Kier molecular flexibility index (Phi) is 40.7. The zero-order valence-electron chi connectivity index (χ0n) is 82.8. The molecule has 3 spiro atoms. The molecule has 3 saturated heterocycles. The van der Waals surface area contributed by atoms with Gasteiger partial charge in [-0.1, -0.05) is 75.4 Å². The fourth-order valence-corrected chi connectivity index (χ4v) is 20.5. The van der Waals surface area contributed by atoms with Crippen molar-refractivity contribution in [3.05, 3.63) is 140 Å². The summed E-state index contributed by atoms with van der Waals surface area (Å²) < 4.78 is 6.71. The molecule has 10 rings (SSSR count). The van der Waals surface area contributed by atoms with E-state index in [-0.39, 0.29) is 159 Å². The van der Waals surface area contributed by atoms with Crippen LogP contribution < -0.4 is 85.5 Å². The van der Waals surface area contributed by atoms with E-state index in [0.29, 0.717) is 23.1 Å². The number of amides is 18. The summed E-state index contributed by atoms with van der Waals surface area (Å²) in [5.41, 5.74) is -2.06. The van der Waals surface area contributed by atoms with Gasteiger partial charge in [0.15, 0.2) is 0 Å². The van der Waals surface area contributed by atoms with Gasteiger partial charge in [0.1, 0.15) is 88.6 Å². The molecule has 20 N–H and O–H groups in total. The number of carboxylic acid groups (broad SMARTS) is 3. The van der Waals surface area contributed by atoms with E-state index in [0.717, 1.165) is 15.0 Å². The molecule has 46 heteroatoms. The summed E-state index contributed by atoms with van der Waals surface area (Å²) in [7, 11) is 0. The SMILES string of the molecule is CC(=O)N1CCC[C@]12C/C=C/CCC[C@]1(CCC/C=C\CCCOC(=O)N3CC[C@@]4(C3)NC(=O)[C@H](CCCCNC(=O)CC[C@@H](C(=O)N[C@@H](C)C(N)=O)NC(=O)[C@H](Cc3csc5ccccc35)NC(=O)[C@H](Cc3ccsc3)NC4=O)NC(=O)[C@H](Cc3ccsc3)NC(=O)[C@H](C)NC(=O)C(C)(C)NC(=O)[C@H](Cc3cccc(C(=O)O)c3)NC(=O)[C@H](CC(=O)O)NC1=O)NC(=O)[C@H](CC(C)(C)C)NC(=O)[C@H](CC(=O)O)NC2=O. The van der Waals surface area contributed by atoms with Gasteiger partial charge in [0, 0.05) is 63.4 Å². The third-order valence-electron chi connectivity index (χ3n) is 26.2. The first kappa shape index (κ1) is 114. The van der Waals surface area contributed by atoms with E-state index >= 15 is 43.2 Å². The number of fused-ring (bicyclic) bond motifs is 4. The number of primary amides is 1. The topological polar surface area (TPSA) is 641 Å². The molecule has 8 heterocycles. The number of hydrogen-bond acceptors (Lipinski definition) is 25.